The Morgan fingerprint density at radius 1 is 0.317 bits per heavy atom. The summed E-state index contributed by atoms with van der Waals surface area (Å²) in [4.78, 5) is 0. The van der Waals surface area contributed by atoms with E-state index in [4.69, 9.17) is 0 Å². The lowest BCUT2D eigenvalue weighted by Crippen LogP contribution is -2.10. The largest absolute Gasteiger partial charge is 0.309 e. The van der Waals surface area contributed by atoms with Crippen molar-refractivity contribution in [1.82, 2.24) is 9.13 Å². The van der Waals surface area contributed by atoms with E-state index in [0.717, 1.165) is 0 Å². The molecule has 0 atom stereocenters. The molecule has 0 aliphatic heterocycles. The van der Waals surface area contributed by atoms with Crippen LogP contribution in [-0.2, 0) is 10.8 Å². The van der Waals surface area contributed by atoms with Crippen molar-refractivity contribution in [3.63, 3.8) is 0 Å². The van der Waals surface area contributed by atoms with Crippen molar-refractivity contribution in [3.05, 3.63) is 204 Å². The number of fused-ring (bicyclic) bond motifs is 6. The van der Waals surface area contributed by atoms with Crippen LogP contribution in [0.4, 0.5) is 0 Å². The molecule has 292 valence electrons. The van der Waals surface area contributed by atoms with Crippen LogP contribution in [0.1, 0.15) is 63.8 Å². The van der Waals surface area contributed by atoms with Gasteiger partial charge in [-0.1, -0.05) is 175 Å². The standard InChI is InChI=1S/C58H50N2/c1-57(2,3)45-29-35-55-51(37-45)52-38-46(58(4,5)6)30-36-56(52)60(55)48-33-27-44(28-34-48)42-23-19-40(20-24-42)16-15-39-17-21-41(22-18-39)43-25-31-47(32-26-43)59-53-13-9-7-11-49(53)50-12-8-10-14-54(50)59/h7-38H,1-6H3/b16-15+. The van der Waals surface area contributed by atoms with Gasteiger partial charge < -0.3 is 9.13 Å². The Labute approximate surface area is 353 Å². The summed E-state index contributed by atoms with van der Waals surface area (Å²) in [5, 5.41) is 5.19. The fourth-order valence-corrected chi connectivity index (χ4v) is 8.81. The van der Waals surface area contributed by atoms with Crippen LogP contribution in [-0.4, -0.2) is 9.13 Å². The molecule has 0 spiro atoms. The normalized spacial score (nSPS) is 12.4. The minimum absolute atomic E-state index is 0.0780. The molecular formula is C58H50N2. The molecule has 0 saturated heterocycles. The fourth-order valence-electron chi connectivity index (χ4n) is 8.81. The van der Waals surface area contributed by atoms with Gasteiger partial charge in [-0.05, 0) is 116 Å². The van der Waals surface area contributed by atoms with Crippen LogP contribution in [0.15, 0.2) is 182 Å². The van der Waals surface area contributed by atoms with Gasteiger partial charge in [0.15, 0.2) is 0 Å². The van der Waals surface area contributed by atoms with Gasteiger partial charge in [0, 0.05) is 32.9 Å². The van der Waals surface area contributed by atoms with Crippen molar-refractivity contribution < 1.29 is 0 Å². The van der Waals surface area contributed by atoms with Crippen molar-refractivity contribution in [2.45, 2.75) is 52.4 Å². The summed E-state index contributed by atoms with van der Waals surface area (Å²) >= 11 is 0. The van der Waals surface area contributed by atoms with E-state index < -0.39 is 0 Å². The van der Waals surface area contributed by atoms with Gasteiger partial charge >= 0.3 is 0 Å². The van der Waals surface area contributed by atoms with E-state index in [1.807, 2.05) is 0 Å². The Kier molecular flexibility index (Phi) is 8.99. The maximum absolute atomic E-state index is 2.43. The van der Waals surface area contributed by atoms with E-state index in [2.05, 4.69) is 245 Å². The summed E-state index contributed by atoms with van der Waals surface area (Å²) in [6.45, 7) is 13.8. The predicted octanol–water partition coefficient (Wildman–Crippen LogP) is 16.0. The number of hydrogen-bond acceptors (Lipinski definition) is 0. The number of rotatable bonds is 6. The second-order valence-corrected chi connectivity index (χ2v) is 18.3. The van der Waals surface area contributed by atoms with Gasteiger partial charge in [-0.25, -0.2) is 0 Å². The van der Waals surface area contributed by atoms with Crippen molar-refractivity contribution in [3.8, 4) is 33.6 Å². The van der Waals surface area contributed by atoms with E-state index in [1.165, 1.54) is 99.5 Å². The molecule has 0 aliphatic carbocycles. The molecule has 2 heterocycles. The van der Waals surface area contributed by atoms with Gasteiger partial charge in [-0.2, -0.15) is 0 Å². The number of aromatic nitrogens is 2. The van der Waals surface area contributed by atoms with Crippen LogP contribution < -0.4 is 0 Å². The average Bonchev–Trinajstić information content (AvgIpc) is 3.78. The van der Waals surface area contributed by atoms with Crippen molar-refractivity contribution in [1.29, 1.82) is 0 Å². The minimum Gasteiger partial charge on any atom is -0.309 e. The Balaban J connectivity index is 0.857. The van der Waals surface area contributed by atoms with Gasteiger partial charge in [0.2, 0.25) is 0 Å². The highest BCUT2D eigenvalue weighted by Crippen LogP contribution is 2.38. The number of para-hydroxylation sites is 2. The quantitative estimate of drug-likeness (QED) is 0.149. The second kappa shape index (κ2) is 14.4. The maximum Gasteiger partial charge on any atom is 0.0541 e. The van der Waals surface area contributed by atoms with E-state index in [-0.39, 0.29) is 10.8 Å². The van der Waals surface area contributed by atoms with Gasteiger partial charge in [-0.3, -0.25) is 0 Å². The minimum atomic E-state index is 0.0780. The van der Waals surface area contributed by atoms with Crippen LogP contribution in [0.2, 0.25) is 0 Å². The van der Waals surface area contributed by atoms with Crippen LogP contribution in [0.25, 0.3) is 89.4 Å². The van der Waals surface area contributed by atoms with Crippen molar-refractivity contribution in [2.75, 3.05) is 0 Å². The molecule has 8 aromatic carbocycles. The Morgan fingerprint density at radius 2 is 0.633 bits per heavy atom. The highest BCUT2D eigenvalue weighted by molar-refractivity contribution is 6.10. The molecule has 0 aliphatic rings. The van der Waals surface area contributed by atoms with Gasteiger partial charge in [0.1, 0.15) is 0 Å². The zero-order valence-electron chi connectivity index (χ0n) is 35.4. The summed E-state index contributed by atoms with van der Waals surface area (Å²) in [7, 11) is 0. The third-order valence-corrected chi connectivity index (χ3v) is 12.3. The molecule has 0 fully saturated rings. The number of benzene rings is 8. The van der Waals surface area contributed by atoms with Crippen LogP contribution in [0.5, 0.6) is 0 Å². The van der Waals surface area contributed by atoms with E-state index in [9.17, 15) is 0 Å². The Hall–Kier alpha value is -6.90. The molecule has 0 N–H and O–H groups in total. The smallest absolute Gasteiger partial charge is 0.0541 e. The highest BCUT2D eigenvalue weighted by atomic mass is 15.0. The molecule has 2 nitrogen and oxygen atoms in total. The van der Waals surface area contributed by atoms with E-state index in [1.54, 1.807) is 0 Å². The highest BCUT2D eigenvalue weighted by Gasteiger charge is 2.21. The maximum atomic E-state index is 2.43. The molecule has 0 saturated carbocycles. The SMILES string of the molecule is CC(C)(C)c1ccc2c(c1)c1cc(C(C)(C)C)ccc1n2-c1ccc(-c2ccc(/C=C/c3ccc(-c4ccc(-n5c6ccccc6c6ccccc65)cc4)cc3)cc2)cc1. The summed E-state index contributed by atoms with van der Waals surface area (Å²) < 4.78 is 4.79. The van der Waals surface area contributed by atoms with Crippen LogP contribution in [0.3, 0.4) is 0 Å². The first-order valence-corrected chi connectivity index (χ1v) is 21.2. The summed E-state index contributed by atoms with van der Waals surface area (Å²) in [5.74, 6) is 0. The Morgan fingerprint density at radius 3 is 0.983 bits per heavy atom. The third kappa shape index (κ3) is 6.73. The fraction of sp³-hybridized carbons (Fsp3) is 0.138. The van der Waals surface area contributed by atoms with Crippen LogP contribution >= 0.6 is 0 Å². The summed E-state index contributed by atoms with van der Waals surface area (Å²) in [6, 6.07) is 67.0. The molecule has 2 heteroatoms. The molecule has 0 radical (unpaired) electrons. The first-order chi connectivity index (χ1) is 29.0. The third-order valence-electron chi connectivity index (χ3n) is 12.3. The number of hydrogen-bond donors (Lipinski definition) is 0. The molecule has 10 aromatic rings. The van der Waals surface area contributed by atoms with Crippen molar-refractivity contribution >= 4 is 55.8 Å². The zero-order chi connectivity index (χ0) is 41.2. The average molecular weight is 775 g/mol. The topological polar surface area (TPSA) is 9.86 Å². The van der Waals surface area contributed by atoms with E-state index in [0.29, 0.717) is 0 Å². The lowest BCUT2D eigenvalue weighted by Gasteiger charge is -2.19. The van der Waals surface area contributed by atoms with Crippen LogP contribution in [0, 0.1) is 0 Å². The predicted molar refractivity (Wildman–Crippen MR) is 259 cm³/mol. The zero-order valence-corrected chi connectivity index (χ0v) is 35.4. The Bertz CT molecular complexity index is 3090. The lowest BCUT2D eigenvalue weighted by atomic mass is 9.85. The number of nitrogens with zero attached hydrogens (tertiary/aromatic N) is 2. The molecule has 0 bridgehead atoms. The molecule has 0 unspecified atom stereocenters. The first kappa shape index (κ1) is 37.4. The van der Waals surface area contributed by atoms with E-state index >= 15 is 0 Å². The molecule has 10 rings (SSSR count). The monoisotopic (exact) mass is 774 g/mol. The van der Waals surface area contributed by atoms with Gasteiger partial charge in [0.05, 0.1) is 22.1 Å². The van der Waals surface area contributed by atoms with Crippen molar-refractivity contribution in [2.24, 2.45) is 0 Å². The lowest BCUT2D eigenvalue weighted by molar-refractivity contribution is 0.590. The summed E-state index contributed by atoms with van der Waals surface area (Å²) in [6.07, 6.45) is 4.39. The second-order valence-electron chi connectivity index (χ2n) is 18.3. The van der Waals surface area contributed by atoms with Gasteiger partial charge in [0.25, 0.3) is 0 Å². The van der Waals surface area contributed by atoms with Gasteiger partial charge in [-0.15, -0.1) is 0 Å². The molecule has 0 amide bonds. The molecular weight excluding hydrogens is 725 g/mol. The molecule has 2 aromatic heterocycles. The molecule has 60 heavy (non-hydrogen) atoms. The first-order valence-electron chi connectivity index (χ1n) is 21.2. The summed E-state index contributed by atoms with van der Waals surface area (Å²) in [5.41, 5.74) is 17.3.